The second-order valence-electron chi connectivity index (χ2n) is 9.78. The molecule has 0 amide bonds. The summed E-state index contributed by atoms with van der Waals surface area (Å²) in [6.07, 6.45) is 14.5. The second-order valence-corrected chi connectivity index (χ2v) is 9.78. The minimum atomic E-state index is -0.0788. The summed E-state index contributed by atoms with van der Waals surface area (Å²) in [6.45, 7) is 9.93. The molecule has 0 heterocycles. The van der Waals surface area contributed by atoms with Crippen LogP contribution in [-0.4, -0.2) is 12.1 Å². The second kappa shape index (κ2) is 10.3. The van der Waals surface area contributed by atoms with E-state index in [0.717, 1.165) is 19.3 Å². The third kappa shape index (κ3) is 8.07. The highest BCUT2D eigenvalue weighted by molar-refractivity contribution is 5.39. The Morgan fingerprint density at radius 2 is 1.56 bits per heavy atom. The van der Waals surface area contributed by atoms with Gasteiger partial charge in [0.1, 0.15) is 5.60 Å². The van der Waals surface area contributed by atoms with Gasteiger partial charge >= 0.3 is 0 Å². The average Bonchev–Trinajstić information content (AvgIpc) is 3.36. The Balaban J connectivity index is 1.67. The molecule has 0 saturated heterocycles. The van der Waals surface area contributed by atoms with Crippen molar-refractivity contribution in [2.24, 2.45) is 5.41 Å². The fourth-order valence-corrected chi connectivity index (χ4v) is 4.03. The molecule has 0 radical (unpaired) electrons. The predicted octanol–water partition coefficient (Wildman–Crippen LogP) is 6.95. The molecule has 1 saturated carbocycles. The number of ether oxygens (including phenoxy) is 1. The maximum atomic E-state index is 10.5. The third-order valence-corrected chi connectivity index (χ3v) is 6.12. The maximum absolute atomic E-state index is 10.5. The summed E-state index contributed by atoms with van der Waals surface area (Å²) in [7, 11) is 0. The van der Waals surface area contributed by atoms with Crippen LogP contribution in [0, 0.1) is 12.3 Å². The zero-order valence-electron chi connectivity index (χ0n) is 18.1. The Morgan fingerprint density at radius 1 is 0.963 bits per heavy atom. The fraction of sp³-hybridized carbons (Fsp3) is 0.720. The van der Waals surface area contributed by atoms with E-state index in [0.29, 0.717) is 11.9 Å². The van der Waals surface area contributed by atoms with E-state index < -0.39 is 0 Å². The van der Waals surface area contributed by atoms with Crippen molar-refractivity contribution >= 4 is 6.47 Å². The number of carbonyl (C=O) groups excluding carboxylic acids is 1. The van der Waals surface area contributed by atoms with Gasteiger partial charge in [0.2, 0.25) is 0 Å². The molecule has 1 fully saturated rings. The number of carbonyl (C=O) groups is 1. The Labute approximate surface area is 167 Å². The molecular formula is C25H40O2. The summed E-state index contributed by atoms with van der Waals surface area (Å²) >= 11 is 0. The molecule has 2 heteroatoms. The van der Waals surface area contributed by atoms with Crippen LogP contribution in [0.15, 0.2) is 18.2 Å². The van der Waals surface area contributed by atoms with Crippen LogP contribution >= 0.6 is 0 Å². The van der Waals surface area contributed by atoms with Crippen LogP contribution in [-0.2, 0) is 22.4 Å². The molecular weight excluding hydrogens is 332 g/mol. The summed E-state index contributed by atoms with van der Waals surface area (Å²) in [4.78, 5) is 10.5. The Morgan fingerprint density at radius 3 is 2.07 bits per heavy atom. The zero-order chi connectivity index (χ0) is 19.8. The molecule has 2 nitrogen and oxygen atoms in total. The number of unbranched alkanes of at least 4 members (excludes halogenated alkanes) is 4. The molecule has 0 aliphatic heterocycles. The van der Waals surface area contributed by atoms with Crippen LogP contribution in [0.25, 0.3) is 0 Å². The van der Waals surface area contributed by atoms with E-state index in [-0.39, 0.29) is 5.60 Å². The lowest BCUT2D eigenvalue weighted by Crippen LogP contribution is -2.12. The van der Waals surface area contributed by atoms with Crippen LogP contribution in [0.2, 0.25) is 0 Å². The van der Waals surface area contributed by atoms with Gasteiger partial charge in [-0.1, -0.05) is 58.2 Å². The largest absolute Gasteiger partial charge is 0.461 e. The van der Waals surface area contributed by atoms with Crippen LogP contribution in [0.1, 0.15) is 102 Å². The molecule has 1 aliphatic rings. The van der Waals surface area contributed by atoms with Gasteiger partial charge in [-0.05, 0) is 86.8 Å². The lowest BCUT2D eigenvalue weighted by molar-refractivity contribution is -0.135. The quantitative estimate of drug-likeness (QED) is 0.276. The Hall–Kier alpha value is -1.31. The van der Waals surface area contributed by atoms with E-state index in [1.54, 1.807) is 5.56 Å². The Bertz CT molecular complexity index is 578. The molecule has 152 valence electrons. The number of hydrogen-bond acceptors (Lipinski definition) is 2. The summed E-state index contributed by atoms with van der Waals surface area (Å²) < 4.78 is 5.23. The van der Waals surface area contributed by atoms with Crippen LogP contribution in [0.4, 0.5) is 0 Å². The van der Waals surface area contributed by atoms with Gasteiger partial charge in [0.15, 0.2) is 0 Å². The first kappa shape index (κ1) is 22.0. The first-order valence-corrected chi connectivity index (χ1v) is 11.0. The molecule has 1 aliphatic carbocycles. The van der Waals surface area contributed by atoms with Crippen LogP contribution in [0.5, 0.6) is 0 Å². The standard InChI is InChI=1S/C25H40O2/c1-21-22(12-7-5-9-16-24(2,3)4)14-11-15-23(21)13-8-6-10-17-25(18-19-25)27-20-26/h11,14-15,20H,5-10,12-13,16-19H2,1-4H3. The highest BCUT2D eigenvalue weighted by atomic mass is 16.5. The van der Waals surface area contributed by atoms with Crippen molar-refractivity contribution in [3.63, 3.8) is 0 Å². The lowest BCUT2D eigenvalue weighted by Gasteiger charge is -2.17. The number of aryl methyl sites for hydroxylation is 2. The van der Waals surface area contributed by atoms with Crippen molar-refractivity contribution in [1.29, 1.82) is 0 Å². The van der Waals surface area contributed by atoms with Crippen molar-refractivity contribution < 1.29 is 9.53 Å². The molecule has 0 unspecified atom stereocenters. The average molecular weight is 373 g/mol. The number of hydrogen-bond donors (Lipinski definition) is 0. The minimum Gasteiger partial charge on any atom is -0.461 e. The fourth-order valence-electron chi connectivity index (χ4n) is 4.03. The summed E-state index contributed by atoms with van der Waals surface area (Å²) in [5.41, 5.74) is 4.96. The van der Waals surface area contributed by atoms with Gasteiger partial charge in [0, 0.05) is 0 Å². The van der Waals surface area contributed by atoms with Crippen molar-refractivity contribution in [1.82, 2.24) is 0 Å². The van der Waals surface area contributed by atoms with Gasteiger partial charge in [0.25, 0.3) is 6.47 Å². The molecule has 0 aromatic heterocycles. The number of benzene rings is 1. The van der Waals surface area contributed by atoms with E-state index in [1.807, 2.05) is 0 Å². The van der Waals surface area contributed by atoms with Crippen molar-refractivity contribution in [2.75, 3.05) is 0 Å². The molecule has 0 spiro atoms. The molecule has 1 aromatic carbocycles. The van der Waals surface area contributed by atoms with E-state index in [4.69, 9.17) is 4.74 Å². The van der Waals surface area contributed by atoms with Crippen LogP contribution in [0.3, 0.4) is 0 Å². The maximum Gasteiger partial charge on any atom is 0.293 e. The molecule has 0 bridgehead atoms. The topological polar surface area (TPSA) is 26.3 Å². The van der Waals surface area contributed by atoms with Gasteiger partial charge in [-0.15, -0.1) is 0 Å². The third-order valence-electron chi connectivity index (χ3n) is 6.12. The molecule has 27 heavy (non-hydrogen) atoms. The highest BCUT2D eigenvalue weighted by Gasteiger charge is 2.44. The summed E-state index contributed by atoms with van der Waals surface area (Å²) in [6, 6.07) is 6.86. The van der Waals surface area contributed by atoms with Gasteiger partial charge in [-0.25, -0.2) is 0 Å². The SMILES string of the molecule is Cc1c(CCCCCC(C)(C)C)cccc1CCCCCC1(OC=O)CC1. The van der Waals surface area contributed by atoms with Crippen LogP contribution < -0.4 is 0 Å². The van der Waals surface area contributed by atoms with Crippen molar-refractivity contribution in [2.45, 2.75) is 110 Å². The predicted molar refractivity (Wildman–Crippen MR) is 114 cm³/mol. The molecule has 0 atom stereocenters. The van der Waals surface area contributed by atoms with Crippen molar-refractivity contribution in [3.8, 4) is 0 Å². The summed E-state index contributed by atoms with van der Waals surface area (Å²) in [5.74, 6) is 0. The number of rotatable bonds is 13. The summed E-state index contributed by atoms with van der Waals surface area (Å²) in [5, 5.41) is 0. The molecule has 2 rings (SSSR count). The monoisotopic (exact) mass is 372 g/mol. The van der Waals surface area contributed by atoms with E-state index in [1.165, 1.54) is 68.9 Å². The smallest absolute Gasteiger partial charge is 0.293 e. The Kier molecular flexibility index (Phi) is 8.38. The lowest BCUT2D eigenvalue weighted by atomic mass is 9.89. The zero-order valence-corrected chi connectivity index (χ0v) is 18.1. The van der Waals surface area contributed by atoms with Crippen molar-refractivity contribution in [3.05, 3.63) is 34.9 Å². The minimum absolute atomic E-state index is 0.0788. The first-order chi connectivity index (χ1) is 12.9. The normalized spacial score (nSPS) is 15.6. The highest BCUT2D eigenvalue weighted by Crippen LogP contribution is 2.43. The first-order valence-electron chi connectivity index (χ1n) is 11.0. The van der Waals surface area contributed by atoms with Gasteiger partial charge in [-0.2, -0.15) is 0 Å². The van der Waals surface area contributed by atoms with E-state index in [2.05, 4.69) is 45.9 Å². The molecule has 1 aromatic rings. The van der Waals surface area contributed by atoms with E-state index >= 15 is 0 Å². The van der Waals surface area contributed by atoms with Gasteiger partial charge < -0.3 is 4.74 Å². The van der Waals surface area contributed by atoms with Gasteiger partial charge in [-0.3, -0.25) is 4.79 Å². The van der Waals surface area contributed by atoms with E-state index in [9.17, 15) is 4.79 Å². The molecule has 0 N–H and O–H groups in total. The van der Waals surface area contributed by atoms with Gasteiger partial charge in [0.05, 0.1) is 0 Å².